The van der Waals surface area contributed by atoms with Crippen LogP contribution in [0, 0.1) is 5.82 Å². The zero-order valence-corrected chi connectivity index (χ0v) is 13.5. The van der Waals surface area contributed by atoms with Crippen molar-refractivity contribution >= 4 is 33.9 Å². The number of amides is 3. The fraction of sp³-hybridized carbons (Fsp3) is 0.0588. The molecular formula is C17H12BrFN2O2. The highest BCUT2D eigenvalue weighted by Gasteiger charge is 2.33. The van der Waals surface area contributed by atoms with E-state index in [1.165, 1.54) is 18.2 Å². The number of nitrogens with zero attached hydrogens (tertiary/aromatic N) is 1. The van der Waals surface area contributed by atoms with Gasteiger partial charge in [-0.25, -0.2) is 9.18 Å². The molecule has 1 aliphatic heterocycles. The van der Waals surface area contributed by atoms with Crippen LogP contribution in [0.2, 0.25) is 0 Å². The summed E-state index contributed by atoms with van der Waals surface area (Å²) in [5.74, 6) is -0.829. The number of imide groups is 1. The first-order valence-corrected chi connectivity index (χ1v) is 7.67. The second-order valence-electron chi connectivity index (χ2n) is 5.06. The van der Waals surface area contributed by atoms with E-state index in [2.05, 4.69) is 21.2 Å². The maximum absolute atomic E-state index is 13.2. The SMILES string of the molecule is O=C1NC(=Cc2cccc(F)c2)C(=O)N1Cc1ccc(Br)cc1. The molecule has 23 heavy (non-hydrogen) atoms. The van der Waals surface area contributed by atoms with E-state index in [1.807, 2.05) is 24.3 Å². The van der Waals surface area contributed by atoms with Gasteiger partial charge in [-0.1, -0.05) is 40.2 Å². The van der Waals surface area contributed by atoms with Gasteiger partial charge in [0.2, 0.25) is 0 Å². The van der Waals surface area contributed by atoms with Crippen LogP contribution in [0.1, 0.15) is 11.1 Å². The van der Waals surface area contributed by atoms with Crippen molar-refractivity contribution in [2.24, 2.45) is 0 Å². The molecule has 1 fully saturated rings. The Labute approximate surface area is 140 Å². The zero-order valence-electron chi connectivity index (χ0n) is 11.9. The molecule has 2 aromatic rings. The molecule has 0 atom stereocenters. The molecule has 1 N–H and O–H groups in total. The van der Waals surface area contributed by atoms with E-state index < -0.39 is 17.8 Å². The zero-order chi connectivity index (χ0) is 16.4. The maximum atomic E-state index is 13.2. The number of nitrogens with one attached hydrogen (secondary N) is 1. The Hall–Kier alpha value is -2.47. The van der Waals surface area contributed by atoms with E-state index >= 15 is 0 Å². The summed E-state index contributed by atoms with van der Waals surface area (Å²) in [6, 6.07) is 12.7. The van der Waals surface area contributed by atoms with Crippen LogP contribution in [0.25, 0.3) is 6.08 Å². The molecule has 3 amide bonds. The molecule has 0 aliphatic carbocycles. The number of hydrogen-bond donors (Lipinski definition) is 1. The van der Waals surface area contributed by atoms with E-state index in [1.54, 1.807) is 12.1 Å². The van der Waals surface area contributed by atoms with Gasteiger partial charge in [0.15, 0.2) is 0 Å². The van der Waals surface area contributed by atoms with E-state index in [0.717, 1.165) is 14.9 Å². The van der Waals surface area contributed by atoms with Gasteiger partial charge in [0.25, 0.3) is 5.91 Å². The van der Waals surface area contributed by atoms with Crippen LogP contribution in [0.3, 0.4) is 0 Å². The van der Waals surface area contributed by atoms with Crippen molar-refractivity contribution < 1.29 is 14.0 Å². The number of carbonyl (C=O) groups excluding carboxylic acids is 2. The van der Waals surface area contributed by atoms with Crippen molar-refractivity contribution in [2.75, 3.05) is 0 Å². The van der Waals surface area contributed by atoms with Crippen LogP contribution in [0.15, 0.2) is 58.7 Å². The molecule has 0 saturated carbocycles. The fourth-order valence-corrected chi connectivity index (χ4v) is 2.51. The Morgan fingerprint density at radius 2 is 1.87 bits per heavy atom. The Morgan fingerprint density at radius 1 is 1.13 bits per heavy atom. The van der Waals surface area contributed by atoms with Crippen LogP contribution in [0.4, 0.5) is 9.18 Å². The first-order valence-electron chi connectivity index (χ1n) is 6.87. The molecule has 1 aliphatic rings. The molecule has 0 radical (unpaired) electrons. The summed E-state index contributed by atoms with van der Waals surface area (Å²) in [4.78, 5) is 25.5. The summed E-state index contributed by atoms with van der Waals surface area (Å²) in [6.45, 7) is 0.179. The normalized spacial score (nSPS) is 16.1. The lowest BCUT2D eigenvalue weighted by molar-refractivity contribution is -0.123. The summed E-state index contributed by atoms with van der Waals surface area (Å²) in [5.41, 5.74) is 1.49. The summed E-state index contributed by atoms with van der Waals surface area (Å²) in [7, 11) is 0. The average molecular weight is 375 g/mol. The first-order chi connectivity index (χ1) is 11.0. The molecule has 1 saturated heterocycles. The number of rotatable bonds is 3. The lowest BCUT2D eigenvalue weighted by atomic mass is 10.2. The van der Waals surface area contributed by atoms with Crippen LogP contribution in [-0.2, 0) is 11.3 Å². The topological polar surface area (TPSA) is 49.4 Å². The predicted octanol–water partition coefficient (Wildman–Crippen LogP) is 3.68. The van der Waals surface area contributed by atoms with Crippen molar-refractivity contribution in [3.8, 4) is 0 Å². The summed E-state index contributed by atoms with van der Waals surface area (Å²) >= 11 is 3.33. The largest absolute Gasteiger partial charge is 0.329 e. The third-order valence-electron chi connectivity index (χ3n) is 3.38. The standard InChI is InChI=1S/C17H12BrFN2O2/c18-13-6-4-11(5-7-13)10-21-16(22)15(20-17(21)23)9-12-2-1-3-14(19)8-12/h1-9H,10H2,(H,20,23). The molecule has 116 valence electrons. The quantitative estimate of drug-likeness (QED) is 0.657. The summed E-state index contributed by atoms with van der Waals surface area (Å²) in [6.07, 6.45) is 1.46. The molecule has 3 rings (SSSR count). The maximum Gasteiger partial charge on any atom is 0.329 e. The third kappa shape index (κ3) is 3.48. The number of benzene rings is 2. The fourth-order valence-electron chi connectivity index (χ4n) is 2.25. The van der Waals surface area contributed by atoms with Crippen molar-refractivity contribution in [2.45, 2.75) is 6.54 Å². The van der Waals surface area contributed by atoms with Gasteiger partial charge in [0.05, 0.1) is 6.54 Å². The minimum Gasteiger partial charge on any atom is -0.303 e. The molecule has 2 aromatic carbocycles. The van der Waals surface area contributed by atoms with Gasteiger partial charge >= 0.3 is 6.03 Å². The average Bonchev–Trinajstić information content (AvgIpc) is 2.77. The lowest BCUT2D eigenvalue weighted by Crippen LogP contribution is -2.30. The first kappa shape index (κ1) is 15.4. The second-order valence-corrected chi connectivity index (χ2v) is 5.98. The van der Waals surface area contributed by atoms with Crippen LogP contribution < -0.4 is 5.32 Å². The molecule has 0 bridgehead atoms. The van der Waals surface area contributed by atoms with Gasteiger partial charge in [-0.3, -0.25) is 9.69 Å². The Bertz CT molecular complexity index is 802. The minimum absolute atomic E-state index is 0.137. The molecule has 0 unspecified atom stereocenters. The van der Waals surface area contributed by atoms with Gasteiger partial charge < -0.3 is 5.32 Å². The monoisotopic (exact) mass is 374 g/mol. The molecular weight excluding hydrogens is 363 g/mol. The van der Waals surface area contributed by atoms with Gasteiger partial charge in [0.1, 0.15) is 11.5 Å². The van der Waals surface area contributed by atoms with Crippen LogP contribution >= 0.6 is 15.9 Å². The third-order valence-corrected chi connectivity index (χ3v) is 3.90. The molecule has 0 aromatic heterocycles. The smallest absolute Gasteiger partial charge is 0.303 e. The van der Waals surface area contributed by atoms with Gasteiger partial charge in [0, 0.05) is 4.47 Å². The minimum atomic E-state index is -0.486. The highest BCUT2D eigenvalue weighted by Crippen LogP contribution is 2.18. The van der Waals surface area contributed by atoms with Crippen LogP contribution in [-0.4, -0.2) is 16.8 Å². The number of urea groups is 1. The van der Waals surface area contributed by atoms with E-state index in [4.69, 9.17) is 0 Å². The lowest BCUT2D eigenvalue weighted by Gasteiger charge is -2.11. The summed E-state index contributed by atoms with van der Waals surface area (Å²) < 4.78 is 14.1. The van der Waals surface area contributed by atoms with Crippen molar-refractivity contribution in [1.82, 2.24) is 10.2 Å². The Kier molecular flexibility index (Phi) is 4.25. The van der Waals surface area contributed by atoms with Gasteiger partial charge in [-0.05, 0) is 41.5 Å². The highest BCUT2D eigenvalue weighted by atomic mass is 79.9. The Balaban J connectivity index is 1.81. The molecule has 1 heterocycles. The molecule has 6 heteroatoms. The Morgan fingerprint density at radius 3 is 2.57 bits per heavy atom. The van der Waals surface area contributed by atoms with Crippen molar-refractivity contribution in [1.29, 1.82) is 0 Å². The second kappa shape index (κ2) is 6.34. The number of carbonyl (C=O) groups is 2. The van der Waals surface area contributed by atoms with E-state index in [9.17, 15) is 14.0 Å². The van der Waals surface area contributed by atoms with Crippen molar-refractivity contribution in [3.05, 3.63) is 75.6 Å². The van der Waals surface area contributed by atoms with Crippen LogP contribution in [0.5, 0.6) is 0 Å². The van der Waals surface area contributed by atoms with E-state index in [-0.39, 0.29) is 12.2 Å². The summed E-state index contributed by atoms with van der Waals surface area (Å²) in [5, 5.41) is 2.52. The predicted molar refractivity (Wildman–Crippen MR) is 87.6 cm³/mol. The van der Waals surface area contributed by atoms with E-state index in [0.29, 0.717) is 5.56 Å². The van der Waals surface area contributed by atoms with Gasteiger partial charge in [-0.15, -0.1) is 0 Å². The number of hydrogen-bond acceptors (Lipinski definition) is 2. The number of halogens is 2. The van der Waals surface area contributed by atoms with Crippen molar-refractivity contribution in [3.63, 3.8) is 0 Å². The highest BCUT2D eigenvalue weighted by molar-refractivity contribution is 9.10. The molecule has 0 spiro atoms. The van der Waals surface area contributed by atoms with Gasteiger partial charge in [-0.2, -0.15) is 0 Å². The molecule has 4 nitrogen and oxygen atoms in total.